The number of amides is 1. The zero-order valence-corrected chi connectivity index (χ0v) is 15.8. The van der Waals surface area contributed by atoms with E-state index in [1.54, 1.807) is 11.8 Å². The van der Waals surface area contributed by atoms with Crippen LogP contribution in [0.15, 0.2) is 54.6 Å². The Morgan fingerprint density at radius 1 is 1.15 bits per heavy atom. The van der Waals surface area contributed by atoms with Crippen molar-refractivity contribution in [2.45, 2.75) is 37.7 Å². The molecule has 1 aliphatic carbocycles. The summed E-state index contributed by atoms with van der Waals surface area (Å²) in [5.74, 6) is 1.97. The van der Waals surface area contributed by atoms with E-state index < -0.39 is 0 Å². The second kappa shape index (κ2) is 7.54. The Hall–Kier alpha value is -2.27. The Morgan fingerprint density at radius 3 is 2.62 bits per heavy atom. The SMILES string of the molecule is CSCc1nc2ccccc2n1CC(=O)N(Cc1ccccc1)C1CC1. The number of carbonyl (C=O) groups is 1. The number of thioether (sulfide) groups is 1. The fourth-order valence-corrected chi connectivity index (χ4v) is 3.83. The van der Waals surface area contributed by atoms with Gasteiger partial charge in [-0.1, -0.05) is 42.5 Å². The lowest BCUT2D eigenvalue weighted by Gasteiger charge is -2.23. The molecule has 0 N–H and O–H groups in total. The fraction of sp³-hybridized carbons (Fsp3) is 0.333. The summed E-state index contributed by atoms with van der Waals surface area (Å²) in [4.78, 5) is 19.9. The standard InChI is InChI=1S/C21H23N3OS/c1-26-15-20-22-18-9-5-6-10-19(18)24(20)14-21(25)23(17-11-12-17)13-16-7-3-2-4-8-16/h2-10,17H,11-15H2,1H3. The summed E-state index contributed by atoms with van der Waals surface area (Å²) in [7, 11) is 0. The predicted octanol–water partition coefficient (Wildman–Crippen LogP) is 4.09. The third-order valence-electron chi connectivity index (χ3n) is 4.80. The number of aromatic nitrogens is 2. The Labute approximate surface area is 158 Å². The molecule has 0 spiro atoms. The maximum absolute atomic E-state index is 13.2. The van der Waals surface area contributed by atoms with E-state index in [0.717, 1.165) is 35.5 Å². The third kappa shape index (κ3) is 3.63. The van der Waals surface area contributed by atoms with Gasteiger partial charge >= 0.3 is 0 Å². The van der Waals surface area contributed by atoms with Gasteiger partial charge in [0, 0.05) is 12.6 Å². The molecule has 0 radical (unpaired) electrons. The molecule has 1 amide bonds. The number of para-hydroxylation sites is 2. The maximum Gasteiger partial charge on any atom is 0.243 e. The average molecular weight is 366 g/mol. The highest BCUT2D eigenvalue weighted by Crippen LogP contribution is 2.29. The van der Waals surface area contributed by atoms with Gasteiger partial charge in [-0.3, -0.25) is 4.79 Å². The normalized spacial score (nSPS) is 13.9. The molecular weight excluding hydrogens is 342 g/mol. The molecule has 1 aromatic heterocycles. The highest BCUT2D eigenvalue weighted by molar-refractivity contribution is 7.97. The number of benzene rings is 2. The van der Waals surface area contributed by atoms with Crippen LogP contribution in [-0.4, -0.2) is 32.7 Å². The molecule has 0 unspecified atom stereocenters. The zero-order valence-electron chi connectivity index (χ0n) is 15.0. The van der Waals surface area contributed by atoms with E-state index in [9.17, 15) is 4.79 Å². The van der Waals surface area contributed by atoms with Crippen molar-refractivity contribution < 1.29 is 4.79 Å². The lowest BCUT2D eigenvalue weighted by molar-refractivity contribution is -0.133. The Morgan fingerprint density at radius 2 is 1.88 bits per heavy atom. The summed E-state index contributed by atoms with van der Waals surface area (Å²) in [6, 6.07) is 18.7. The highest BCUT2D eigenvalue weighted by atomic mass is 32.2. The monoisotopic (exact) mass is 365 g/mol. The smallest absolute Gasteiger partial charge is 0.243 e. The van der Waals surface area contributed by atoms with Crippen molar-refractivity contribution in [2.75, 3.05) is 6.26 Å². The van der Waals surface area contributed by atoms with Gasteiger partial charge in [-0.15, -0.1) is 0 Å². The highest BCUT2D eigenvalue weighted by Gasteiger charge is 2.32. The van der Waals surface area contributed by atoms with Crippen molar-refractivity contribution in [3.63, 3.8) is 0 Å². The molecule has 0 atom stereocenters. The number of nitrogens with zero attached hydrogens (tertiary/aromatic N) is 3. The fourth-order valence-electron chi connectivity index (χ4n) is 3.35. The van der Waals surface area contributed by atoms with Gasteiger partial charge in [0.15, 0.2) is 0 Å². The summed E-state index contributed by atoms with van der Waals surface area (Å²) in [5.41, 5.74) is 3.19. The quantitative estimate of drug-likeness (QED) is 0.633. The van der Waals surface area contributed by atoms with Crippen LogP contribution in [0.2, 0.25) is 0 Å². The molecule has 1 aliphatic rings. The van der Waals surface area contributed by atoms with Gasteiger partial charge < -0.3 is 9.47 Å². The Balaban J connectivity index is 1.60. The van der Waals surface area contributed by atoms with Gasteiger partial charge in [0.05, 0.1) is 16.8 Å². The molecule has 4 nitrogen and oxygen atoms in total. The average Bonchev–Trinajstić information content (AvgIpc) is 3.45. The molecule has 4 rings (SSSR count). The molecule has 1 fully saturated rings. The van der Waals surface area contributed by atoms with E-state index in [1.807, 2.05) is 41.3 Å². The number of hydrogen-bond acceptors (Lipinski definition) is 3. The van der Waals surface area contributed by atoms with Crippen LogP contribution in [0, 0.1) is 0 Å². The molecule has 0 bridgehead atoms. The molecule has 0 aliphatic heterocycles. The molecule has 134 valence electrons. The third-order valence-corrected chi connectivity index (χ3v) is 5.35. The van der Waals surface area contributed by atoms with Gasteiger partial charge in [-0.25, -0.2) is 4.98 Å². The van der Waals surface area contributed by atoms with Gasteiger partial charge in [-0.05, 0) is 36.8 Å². The van der Waals surface area contributed by atoms with E-state index >= 15 is 0 Å². The first kappa shape index (κ1) is 17.2. The summed E-state index contributed by atoms with van der Waals surface area (Å²) in [6.07, 6.45) is 4.29. The second-order valence-electron chi connectivity index (χ2n) is 6.77. The zero-order chi connectivity index (χ0) is 17.9. The molecule has 26 heavy (non-hydrogen) atoms. The van der Waals surface area contributed by atoms with E-state index in [-0.39, 0.29) is 5.91 Å². The topological polar surface area (TPSA) is 38.1 Å². The van der Waals surface area contributed by atoms with Crippen molar-refractivity contribution in [3.05, 3.63) is 66.0 Å². The largest absolute Gasteiger partial charge is 0.334 e. The number of hydrogen-bond donors (Lipinski definition) is 0. The van der Waals surface area contributed by atoms with E-state index in [1.165, 1.54) is 5.56 Å². The van der Waals surface area contributed by atoms with Crippen molar-refractivity contribution in [2.24, 2.45) is 0 Å². The molecule has 5 heteroatoms. The van der Waals surface area contributed by atoms with E-state index in [2.05, 4.69) is 29.0 Å². The molecule has 1 saturated carbocycles. The van der Waals surface area contributed by atoms with Crippen molar-refractivity contribution in [3.8, 4) is 0 Å². The number of imidazole rings is 1. The van der Waals surface area contributed by atoms with Crippen LogP contribution in [0.25, 0.3) is 11.0 Å². The summed E-state index contributed by atoms with van der Waals surface area (Å²) in [6.45, 7) is 1.05. The second-order valence-corrected chi connectivity index (χ2v) is 7.64. The van der Waals surface area contributed by atoms with Gasteiger partial charge in [-0.2, -0.15) is 11.8 Å². The molecular formula is C21H23N3OS. The molecule has 2 aromatic carbocycles. The van der Waals surface area contributed by atoms with E-state index in [0.29, 0.717) is 19.1 Å². The lowest BCUT2D eigenvalue weighted by atomic mass is 10.2. The first-order chi connectivity index (χ1) is 12.8. The number of rotatable bonds is 7. The maximum atomic E-state index is 13.2. The van der Waals surface area contributed by atoms with Crippen LogP contribution in [0.3, 0.4) is 0 Å². The van der Waals surface area contributed by atoms with Crippen LogP contribution in [0.4, 0.5) is 0 Å². The first-order valence-electron chi connectivity index (χ1n) is 9.02. The first-order valence-corrected chi connectivity index (χ1v) is 10.4. The lowest BCUT2D eigenvalue weighted by Crippen LogP contribution is -2.35. The summed E-state index contributed by atoms with van der Waals surface area (Å²) in [5, 5.41) is 0. The molecule has 1 heterocycles. The van der Waals surface area contributed by atoms with Gasteiger partial charge in [0.2, 0.25) is 5.91 Å². The minimum Gasteiger partial charge on any atom is -0.334 e. The molecule has 0 saturated heterocycles. The van der Waals surface area contributed by atoms with Crippen LogP contribution in [0.5, 0.6) is 0 Å². The van der Waals surface area contributed by atoms with Crippen molar-refractivity contribution in [1.29, 1.82) is 0 Å². The predicted molar refractivity (Wildman–Crippen MR) is 107 cm³/mol. The minimum atomic E-state index is 0.182. The number of carbonyl (C=O) groups excluding carboxylic acids is 1. The number of fused-ring (bicyclic) bond motifs is 1. The molecule has 3 aromatic rings. The Bertz CT molecular complexity index is 902. The van der Waals surface area contributed by atoms with Crippen LogP contribution >= 0.6 is 11.8 Å². The van der Waals surface area contributed by atoms with Gasteiger partial charge in [0.1, 0.15) is 12.4 Å². The van der Waals surface area contributed by atoms with Gasteiger partial charge in [0.25, 0.3) is 0 Å². The van der Waals surface area contributed by atoms with Crippen LogP contribution < -0.4 is 0 Å². The van der Waals surface area contributed by atoms with Crippen LogP contribution in [0.1, 0.15) is 24.2 Å². The minimum absolute atomic E-state index is 0.182. The Kier molecular flexibility index (Phi) is 4.98. The van der Waals surface area contributed by atoms with Crippen LogP contribution in [-0.2, 0) is 23.6 Å². The summed E-state index contributed by atoms with van der Waals surface area (Å²) >= 11 is 1.73. The van der Waals surface area contributed by atoms with Crippen molar-refractivity contribution >= 4 is 28.7 Å². The summed E-state index contributed by atoms with van der Waals surface area (Å²) < 4.78 is 2.09. The van der Waals surface area contributed by atoms with Crippen molar-refractivity contribution in [1.82, 2.24) is 14.5 Å². The van der Waals surface area contributed by atoms with E-state index in [4.69, 9.17) is 4.98 Å².